The largest absolute Gasteiger partial charge is 0.456 e. The Morgan fingerprint density at radius 2 is 1.47 bits per heavy atom. The van der Waals surface area contributed by atoms with Crippen molar-refractivity contribution in [2.45, 2.75) is 6.92 Å². The molecule has 0 spiro atoms. The molecule has 1 aromatic heterocycles. The highest BCUT2D eigenvalue weighted by Crippen LogP contribution is 2.49. The molecular formula is C28H17NO. The Hall–Kier alpha value is -3.91. The van der Waals surface area contributed by atoms with Gasteiger partial charge in [0.2, 0.25) is 0 Å². The van der Waals surface area contributed by atoms with Gasteiger partial charge >= 0.3 is 0 Å². The van der Waals surface area contributed by atoms with E-state index in [0.29, 0.717) is 0 Å². The van der Waals surface area contributed by atoms with E-state index in [1.54, 1.807) is 0 Å². The lowest BCUT2D eigenvalue weighted by Crippen LogP contribution is -2.00. The van der Waals surface area contributed by atoms with Crippen LogP contribution in [0.1, 0.15) is 5.56 Å². The second kappa shape index (κ2) is 5.58. The smallest absolute Gasteiger partial charge is 0.138 e. The summed E-state index contributed by atoms with van der Waals surface area (Å²) in [6.07, 6.45) is 1.92. The molecule has 2 heteroatoms. The molecule has 0 fully saturated rings. The molecule has 0 unspecified atom stereocenters. The highest BCUT2D eigenvalue weighted by atomic mass is 16.5. The van der Waals surface area contributed by atoms with E-state index in [1.165, 1.54) is 43.3 Å². The Balaban J connectivity index is 1.65. The van der Waals surface area contributed by atoms with E-state index in [1.807, 2.05) is 6.20 Å². The lowest BCUT2D eigenvalue weighted by Gasteiger charge is -2.22. The minimum Gasteiger partial charge on any atom is -0.456 e. The molecule has 5 aromatic carbocycles. The summed E-state index contributed by atoms with van der Waals surface area (Å²) >= 11 is 0. The molecule has 0 radical (unpaired) electrons. The number of nitrogens with zero attached hydrogens (tertiary/aromatic N) is 1. The van der Waals surface area contributed by atoms with Crippen molar-refractivity contribution in [3.63, 3.8) is 0 Å². The maximum absolute atomic E-state index is 6.50. The zero-order valence-electron chi connectivity index (χ0n) is 16.4. The van der Waals surface area contributed by atoms with E-state index in [-0.39, 0.29) is 0 Å². The molecule has 1 aliphatic rings. The predicted molar refractivity (Wildman–Crippen MR) is 125 cm³/mol. The van der Waals surface area contributed by atoms with Crippen molar-refractivity contribution in [1.82, 2.24) is 4.98 Å². The number of hydrogen-bond donors (Lipinski definition) is 0. The van der Waals surface area contributed by atoms with Crippen LogP contribution in [0, 0.1) is 6.92 Å². The number of aromatic nitrogens is 1. The average molecular weight is 383 g/mol. The molecule has 6 aromatic rings. The minimum atomic E-state index is 0.872. The van der Waals surface area contributed by atoms with Crippen molar-refractivity contribution in [3.05, 3.63) is 90.6 Å². The van der Waals surface area contributed by atoms with E-state index < -0.39 is 0 Å². The number of rotatable bonds is 0. The second-order valence-corrected chi connectivity index (χ2v) is 8.14. The van der Waals surface area contributed by atoms with Gasteiger partial charge in [-0.2, -0.15) is 0 Å². The Kier molecular flexibility index (Phi) is 2.97. The lowest BCUT2D eigenvalue weighted by molar-refractivity contribution is 0.488. The van der Waals surface area contributed by atoms with Gasteiger partial charge in [0.25, 0.3) is 0 Å². The number of fused-ring (bicyclic) bond motifs is 7. The van der Waals surface area contributed by atoms with Crippen molar-refractivity contribution in [3.8, 4) is 22.8 Å². The van der Waals surface area contributed by atoms with Crippen LogP contribution in [0.25, 0.3) is 54.3 Å². The fourth-order valence-corrected chi connectivity index (χ4v) is 4.88. The van der Waals surface area contributed by atoms with Gasteiger partial charge in [-0.15, -0.1) is 0 Å². The first-order chi connectivity index (χ1) is 14.8. The fourth-order valence-electron chi connectivity index (χ4n) is 4.88. The normalized spacial score (nSPS) is 12.4. The van der Waals surface area contributed by atoms with Gasteiger partial charge in [-0.3, -0.25) is 4.98 Å². The van der Waals surface area contributed by atoms with Crippen LogP contribution in [0.3, 0.4) is 0 Å². The predicted octanol–water partition coefficient (Wildman–Crippen LogP) is 7.78. The number of hydrogen-bond acceptors (Lipinski definition) is 2. The van der Waals surface area contributed by atoms with Gasteiger partial charge < -0.3 is 4.74 Å². The Bertz CT molecular complexity index is 1680. The first-order valence-electron chi connectivity index (χ1n) is 10.2. The Morgan fingerprint density at radius 3 is 2.37 bits per heavy atom. The second-order valence-electron chi connectivity index (χ2n) is 8.14. The van der Waals surface area contributed by atoms with Crippen molar-refractivity contribution < 1.29 is 4.74 Å². The van der Waals surface area contributed by atoms with Crippen LogP contribution in [0.4, 0.5) is 0 Å². The van der Waals surface area contributed by atoms with Crippen LogP contribution >= 0.6 is 0 Å². The van der Waals surface area contributed by atoms with Crippen LogP contribution in [0.15, 0.2) is 85.1 Å². The third-order valence-corrected chi connectivity index (χ3v) is 6.30. The summed E-state index contributed by atoms with van der Waals surface area (Å²) in [7, 11) is 0. The Morgan fingerprint density at radius 1 is 0.633 bits per heavy atom. The van der Waals surface area contributed by atoms with Crippen molar-refractivity contribution >= 4 is 43.1 Å². The van der Waals surface area contributed by atoms with Crippen LogP contribution in [0.2, 0.25) is 0 Å². The van der Waals surface area contributed by atoms with E-state index in [4.69, 9.17) is 9.72 Å². The third-order valence-electron chi connectivity index (χ3n) is 6.30. The summed E-state index contributed by atoms with van der Waals surface area (Å²) < 4.78 is 6.50. The summed E-state index contributed by atoms with van der Waals surface area (Å²) in [6.45, 7) is 2.14. The van der Waals surface area contributed by atoms with Gasteiger partial charge in [-0.05, 0) is 68.9 Å². The molecule has 140 valence electrons. The van der Waals surface area contributed by atoms with E-state index in [9.17, 15) is 0 Å². The minimum absolute atomic E-state index is 0.872. The summed E-state index contributed by atoms with van der Waals surface area (Å²) in [5, 5.41) is 9.63. The zero-order valence-corrected chi connectivity index (χ0v) is 16.4. The molecule has 0 N–H and O–H groups in total. The standard InChI is InChI=1S/C28H17NO/c1-16-6-7-17-8-9-20-21-10-11-29-28-24-13-18-4-2-3-5-19(18)14-25(24)30-26(27(21)28)15-23(20)22(17)12-16/h2-15H,1H3. The van der Waals surface area contributed by atoms with Gasteiger partial charge in [0.1, 0.15) is 11.5 Å². The van der Waals surface area contributed by atoms with E-state index in [0.717, 1.165) is 28.1 Å². The van der Waals surface area contributed by atoms with E-state index in [2.05, 4.69) is 85.8 Å². The maximum atomic E-state index is 6.50. The van der Waals surface area contributed by atoms with E-state index >= 15 is 0 Å². The molecule has 0 atom stereocenters. The summed E-state index contributed by atoms with van der Waals surface area (Å²) in [5.74, 6) is 1.76. The number of benzene rings is 5. The highest BCUT2D eigenvalue weighted by Gasteiger charge is 2.23. The van der Waals surface area contributed by atoms with Crippen molar-refractivity contribution in [2.24, 2.45) is 0 Å². The van der Waals surface area contributed by atoms with Crippen molar-refractivity contribution in [2.75, 3.05) is 0 Å². The average Bonchev–Trinajstić information content (AvgIpc) is 2.78. The molecule has 0 aliphatic carbocycles. The first-order valence-corrected chi connectivity index (χ1v) is 10.2. The number of aryl methyl sites for hydroxylation is 1. The van der Waals surface area contributed by atoms with Crippen LogP contribution in [-0.2, 0) is 0 Å². The lowest BCUT2D eigenvalue weighted by atomic mass is 9.92. The number of pyridine rings is 1. The summed E-state index contributed by atoms with van der Waals surface area (Å²) in [5.41, 5.74) is 3.32. The van der Waals surface area contributed by atoms with Gasteiger partial charge in [-0.25, -0.2) is 0 Å². The number of ether oxygens (including phenoxy) is 1. The van der Waals surface area contributed by atoms with Crippen LogP contribution in [-0.4, -0.2) is 4.98 Å². The molecule has 7 rings (SSSR count). The Labute approximate surface area is 173 Å². The quantitative estimate of drug-likeness (QED) is 0.249. The molecule has 0 saturated carbocycles. The molecule has 30 heavy (non-hydrogen) atoms. The van der Waals surface area contributed by atoms with Crippen molar-refractivity contribution in [1.29, 1.82) is 0 Å². The molecule has 2 nitrogen and oxygen atoms in total. The summed E-state index contributed by atoms with van der Waals surface area (Å²) in [4.78, 5) is 4.79. The zero-order chi connectivity index (χ0) is 19.8. The topological polar surface area (TPSA) is 22.1 Å². The molecule has 0 bridgehead atoms. The maximum Gasteiger partial charge on any atom is 0.138 e. The summed E-state index contributed by atoms with van der Waals surface area (Å²) in [6, 6.07) is 28.1. The molecule has 1 aliphatic heterocycles. The van der Waals surface area contributed by atoms with Crippen LogP contribution in [0.5, 0.6) is 11.5 Å². The molecule has 0 saturated heterocycles. The third kappa shape index (κ3) is 2.05. The molecular weight excluding hydrogens is 366 g/mol. The SMILES string of the molecule is Cc1ccc2ccc3c4ccnc5c4c(cc3c2c1)Oc1cc2ccccc2cc1-5. The monoisotopic (exact) mass is 383 g/mol. The first kappa shape index (κ1) is 15.9. The van der Waals surface area contributed by atoms with Gasteiger partial charge in [0, 0.05) is 11.8 Å². The molecule has 0 amide bonds. The van der Waals surface area contributed by atoms with Crippen LogP contribution < -0.4 is 4.74 Å². The van der Waals surface area contributed by atoms with Gasteiger partial charge in [-0.1, -0.05) is 60.2 Å². The molecule has 2 heterocycles. The highest BCUT2D eigenvalue weighted by molar-refractivity contribution is 6.21. The van der Waals surface area contributed by atoms with Gasteiger partial charge in [0.15, 0.2) is 0 Å². The van der Waals surface area contributed by atoms with Gasteiger partial charge in [0.05, 0.1) is 11.1 Å². The fraction of sp³-hybridized carbons (Fsp3) is 0.0357.